The summed E-state index contributed by atoms with van der Waals surface area (Å²) in [6.45, 7) is 7.03. The molecule has 0 aliphatic rings. The molecule has 0 N–H and O–H groups in total. The van der Waals surface area contributed by atoms with E-state index >= 15 is 0 Å². The molecule has 0 aliphatic heterocycles. The van der Waals surface area contributed by atoms with Crippen molar-refractivity contribution in [2.24, 2.45) is 7.05 Å². The molecule has 3 heterocycles. The topological polar surface area (TPSA) is 75.5 Å². The Kier molecular flexibility index (Phi) is 4.87. The highest BCUT2D eigenvalue weighted by atomic mass is 16.5. The van der Waals surface area contributed by atoms with Crippen LogP contribution in [0.4, 0.5) is 0 Å². The fraction of sp³-hybridized carbons (Fsp3) is 0.381. The van der Waals surface area contributed by atoms with Gasteiger partial charge in [-0.2, -0.15) is 4.98 Å². The zero-order chi connectivity index (χ0) is 20.7. The van der Waals surface area contributed by atoms with Gasteiger partial charge in [-0.1, -0.05) is 30.3 Å². The number of hydrogen-bond acceptors (Lipinski definition) is 4. The highest BCUT2D eigenvalue weighted by Crippen LogP contribution is 2.25. The summed E-state index contributed by atoms with van der Waals surface area (Å²) in [7, 11) is 1.64. The second-order valence-corrected chi connectivity index (χ2v) is 7.18. The number of ether oxygens (including phenoxy) is 1. The van der Waals surface area contributed by atoms with Crippen LogP contribution in [-0.4, -0.2) is 36.3 Å². The molecule has 152 valence electrons. The van der Waals surface area contributed by atoms with Gasteiger partial charge in [0.15, 0.2) is 11.2 Å². The number of aromatic nitrogens is 5. The first kappa shape index (κ1) is 19.2. The lowest BCUT2D eigenvalue weighted by Crippen LogP contribution is -2.40. The zero-order valence-electron chi connectivity index (χ0n) is 17.1. The summed E-state index contributed by atoms with van der Waals surface area (Å²) < 4.78 is 11.9. The van der Waals surface area contributed by atoms with Gasteiger partial charge in [0.1, 0.15) is 0 Å². The Balaban J connectivity index is 1.96. The van der Waals surface area contributed by atoms with Crippen LogP contribution < -0.4 is 11.2 Å². The van der Waals surface area contributed by atoms with Crippen molar-refractivity contribution >= 4 is 16.9 Å². The van der Waals surface area contributed by atoms with Crippen molar-refractivity contribution in [3.05, 3.63) is 68.6 Å². The SMILES string of the molecule is CCOCCn1c(=O)c2c(nc3n(C(C)c4ccccc4)c(C)cn23)n(C)c1=O. The number of imidazole rings is 2. The lowest BCUT2D eigenvalue weighted by Gasteiger charge is -2.16. The molecule has 0 spiro atoms. The van der Waals surface area contributed by atoms with Crippen LogP contribution in [0.3, 0.4) is 0 Å². The van der Waals surface area contributed by atoms with E-state index in [0.29, 0.717) is 30.2 Å². The van der Waals surface area contributed by atoms with E-state index in [4.69, 9.17) is 4.74 Å². The van der Waals surface area contributed by atoms with Gasteiger partial charge in [-0.15, -0.1) is 0 Å². The molecule has 1 aromatic carbocycles. The maximum Gasteiger partial charge on any atom is 0.332 e. The predicted molar refractivity (Wildman–Crippen MR) is 112 cm³/mol. The average molecular weight is 395 g/mol. The third kappa shape index (κ3) is 3.00. The lowest BCUT2D eigenvalue weighted by molar-refractivity contribution is 0.137. The van der Waals surface area contributed by atoms with Gasteiger partial charge in [0.2, 0.25) is 5.78 Å². The first-order chi connectivity index (χ1) is 14.0. The summed E-state index contributed by atoms with van der Waals surface area (Å²) in [4.78, 5) is 30.6. The monoisotopic (exact) mass is 395 g/mol. The molecule has 0 aliphatic carbocycles. The minimum absolute atomic E-state index is 0.0303. The first-order valence-corrected chi connectivity index (χ1v) is 9.77. The molecule has 3 aromatic heterocycles. The number of aryl methyl sites for hydroxylation is 2. The quantitative estimate of drug-likeness (QED) is 0.469. The van der Waals surface area contributed by atoms with Gasteiger partial charge < -0.3 is 9.30 Å². The average Bonchev–Trinajstić information content (AvgIpc) is 3.23. The van der Waals surface area contributed by atoms with Crippen LogP contribution >= 0.6 is 0 Å². The highest BCUT2D eigenvalue weighted by Gasteiger charge is 2.22. The molecule has 29 heavy (non-hydrogen) atoms. The summed E-state index contributed by atoms with van der Waals surface area (Å²) in [6.07, 6.45) is 1.91. The van der Waals surface area contributed by atoms with Crippen molar-refractivity contribution < 1.29 is 4.74 Å². The fourth-order valence-corrected chi connectivity index (χ4v) is 3.88. The van der Waals surface area contributed by atoms with Gasteiger partial charge in [-0.25, -0.2) is 4.79 Å². The minimum atomic E-state index is -0.387. The summed E-state index contributed by atoms with van der Waals surface area (Å²) in [6, 6.07) is 10.2. The van der Waals surface area contributed by atoms with Crippen molar-refractivity contribution in [1.29, 1.82) is 0 Å². The first-order valence-electron chi connectivity index (χ1n) is 9.77. The molecule has 0 fully saturated rings. The van der Waals surface area contributed by atoms with Crippen LogP contribution in [0.25, 0.3) is 16.9 Å². The Morgan fingerprint density at radius 2 is 1.90 bits per heavy atom. The third-order valence-electron chi connectivity index (χ3n) is 5.40. The smallest absolute Gasteiger partial charge is 0.332 e. The molecule has 1 unspecified atom stereocenters. The summed E-state index contributed by atoms with van der Waals surface area (Å²) in [5.74, 6) is 0.642. The van der Waals surface area contributed by atoms with E-state index in [9.17, 15) is 9.59 Å². The normalized spacial score (nSPS) is 12.8. The third-order valence-corrected chi connectivity index (χ3v) is 5.40. The molecule has 0 saturated heterocycles. The van der Waals surface area contributed by atoms with Crippen LogP contribution in [0.5, 0.6) is 0 Å². The second kappa shape index (κ2) is 7.36. The van der Waals surface area contributed by atoms with Crippen LogP contribution in [0.1, 0.15) is 31.1 Å². The summed E-state index contributed by atoms with van der Waals surface area (Å²) in [5.41, 5.74) is 2.18. The fourth-order valence-electron chi connectivity index (χ4n) is 3.88. The summed E-state index contributed by atoms with van der Waals surface area (Å²) >= 11 is 0. The van der Waals surface area contributed by atoms with E-state index < -0.39 is 0 Å². The van der Waals surface area contributed by atoms with E-state index in [2.05, 4.69) is 28.6 Å². The molecule has 4 rings (SSSR count). The van der Waals surface area contributed by atoms with E-state index in [0.717, 1.165) is 11.3 Å². The van der Waals surface area contributed by atoms with E-state index in [-0.39, 0.29) is 23.8 Å². The van der Waals surface area contributed by atoms with Crippen molar-refractivity contribution in [3.63, 3.8) is 0 Å². The Hall–Kier alpha value is -3.13. The van der Waals surface area contributed by atoms with Gasteiger partial charge in [-0.05, 0) is 26.3 Å². The van der Waals surface area contributed by atoms with E-state index in [1.807, 2.05) is 38.2 Å². The Morgan fingerprint density at radius 3 is 2.59 bits per heavy atom. The van der Waals surface area contributed by atoms with Crippen molar-refractivity contribution in [3.8, 4) is 0 Å². The number of hydrogen-bond donors (Lipinski definition) is 0. The Labute approximate surface area is 167 Å². The van der Waals surface area contributed by atoms with Gasteiger partial charge >= 0.3 is 5.69 Å². The molecular weight excluding hydrogens is 370 g/mol. The minimum Gasteiger partial charge on any atom is -0.380 e. The standard InChI is InChI=1S/C21H25N5O3/c1-5-29-12-11-24-19(27)17-18(23(4)21(24)28)22-20-25(17)13-14(2)26(20)15(3)16-9-7-6-8-10-16/h6-10,13,15H,5,11-12H2,1-4H3. The zero-order valence-corrected chi connectivity index (χ0v) is 17.1. The maximum absolute atomic E-state index is 13.2. The molecule has 0 amide bonds. The van der Waals surface area contributed by atoms with Crippen molar-refractivity contribution in [1.82, 2.24) is 23.1 Å². The molecule has 4 aromatic rings. The maximum atomic E-state index is 13.2. The van der Waals surface area contributed by atoms with Gasteiger partial charge in [-0.3, -0.25) is 18.3 Å². The van der Waals surface area contributed by atoms with Crippen molar-refractivity contribution in [2.75, 3.05) is 13.2 Å². The number of fused-ring (bicyclic) bond motifs is 3. The number of rotatable bonds is 6. The van der Waals surface area contributed by atoms with Crippen LogP contribution in [0.15, 0.2) is 46.1 Å². The summed E-state index contributed by atoms with van der Waals surface area (Å²) in [5, 5.41) is 0. The molecule has 0 radical (unpaired) electrons. The van der Waals surface area contributed by atoms with Crippen molar-refractivity contribution in [2.45, 2.75) is 33.4 Å². The van der Waals surface area contributed by atoms with Crippen LogP contribution in [0.2, 0.25) is 0 Å². The second-order valence-electron chi connectivity index (χ2n) is 7.18. The van der Waals surface area contributed by atoms with E-state index in [1.54, 1.807) is 11.4 Å². The largest absolute Gasteiger partial charge is 0.380 e. The Bertz CT molecular complexity index is 1290. The van der Waals surface area contributed by atoms with Gasteiger partial charge in [0.25, 0.3) is 5.56 Å². The molecule has 0 saturated carbocycles. The van der Waals surface area contributed by atoms with Gasteiger partial charge in [0, 0.05) is 25.5 Å². The van der Waals surface area contributed by atoms with E-state index in [1.165, 1.54) is 9.13 Å². The predicted octanol–water partition coefficient (Wildman–Crippen LogP) is 2.10. The molecule has 8 nitrogen and oxygen atoms in total. The molecule has 0 bridgehead atoms. The van der Waals surface area contributed by atoms with Crippen LogP contribution in [0, 0.1) is 6.92 Å². The molecule has 1 atom stereocenters. The lowest BCUT2D eigenvalue weighted by atomic mass is 10.1. The highest BCUT2D eigenvalue weighted by molar-refractivity contribution is 5.75. The number of benzene rings is 1. The van der Waals surface area contributed by atoms with Crippen LogP contribution in [-0.2, 0) is 18.3 Å². The number of nitrogens with zero attached hydrogens (tertiary/aromatic N) is 5. The van der Waals surface area contributed by atoms with Gasteiger partial charge in [0.05, 0.1) is 19.2 Å². The molecule has 8 heteroatoms. The Morgan fingerprint density at radius 1 is 1.17 bits per heavy atom. The molecular formula is C21H25N5O3.